The van der Waals surface area contributed by atoms with E-state index in [1.54, 1.807) is 0 Å². The van der Waals surface area contributed by atoms with Gasteiger partial charge in [-0.15, -0.1) is 13.2 Å². The molecule has 0 nitrogen and oxygen atoms in total. The molecule has 0 saturated carbocycles. The van der Waals surface area contributed by atoms with E-state index in [0.29, 0.717) is 0 Å². The molecule has 0 aromatic heterocycles. The van der Waals surface area contributed by atoms with Crippen LogP contribution >= 0.6 is 0 Å². The van der Waals surface area contributed by atoms with Gasteiger partial charge < -0.3 is 0 Å². The van der Waals surface area contributed by atoms with Crippen LogP contribution in [-0.2, 0) is 0 Å². The van der Waals surface area contributed by atoms with Gasteiger partial charge in [0.1, 0.15) is 0 Å². The molecule has 0 amide bonds. The third-order valence-electron chi connectivity index (χ3n) is 0.885. The van der Waals surface area contributed by atoms with Crippen molar-refractivity contribution in [1.82, 2.24) is 0 Å². The lowest BCUT2D eigenvalue weighted by atomic mass is 10.3. The third-order valence-corrected chi connectivity index (χ3v) is 0.885. The fraction of sp³-hybridized carbons (Fsp3) is 0.455. The van der Waals surface area contributed by atoms with Crippen LogP contribution in [0.2, 0.25) is 0 Å². The fourth-order valence-corrected chi connectivity index (χ4v) is 0.359. The predicted molar refractivity (Wildman–Crippen MR) is 56.8 cm³/mol. The minimum atomic E-state index is 1.32. The zero-order valence-electron chi connectivity index (χ0n) is 8.65. The van der Waals surface area contributed by atoms with Crippen LogP contribution < -0.4 is 0 Å². The summed E-state index contributed by atoms with van der Waals surface area (Å²) in [5.74, 6) is 0. The molecule has 0 aromatic rings. The number of rotatable bonds is 1. The van der Waals surface area contributed by atoms with E-state index in [1.807, 2.05) is 33.8 Å². The zero-order chi connectivity index (χ0) is 9.70. The summed E-state index contributed by atoms with van der Waals surface area (Å²) in [5, 5.41) is 0. The van der Waals surface area contributed by atoms with E-state index in [-0.39, 0.29) is 0 Å². The molecule has 0 aliphatic carbocycles. The van der Waals surface area contributed by atoms with Crippen molar-refractivity contribution in [3.05, 3.63) is 37.0 Å². The average molecular weight is 154 g/mol. The van der Waals surface area contributed by atoms with Gasteiger partial charge in [0.15, 0.2) is 0 Å². The minimum absolute atomic E-state index is 1.32. The first-order chi connectivity index (χ1) is 5.31. The molecule has 0 N–H and O–H groups in total. The van der Waals surface area contributed by atoms with E-state index in [0.717, 1.165) is 0 Å². The Hall–Kier alpha value is -0.780. The molecule has 0 saturated heterocycles. The molecule has 0 spiro atoms. The van der Waals surface area contributed by atoms with Gasteiger partial charge in [-0.3, -0.25) is 0 Å². The van der Waals surface area contributed by atoms with Crippen molar-refractivity contribution < 1.29 is 0 Å². The lowest BCUT2D eigenvalue weighted by Gasteiger charge is -1.81. The van der Waals surface area contributed by atoms with Crippen LogP contribution in [0.1, 0.15) is 34.6 Å². The van der Waals surface area contributed by atoms with Gasteiger partial charge in [0.05, 0.1) is 0 Å². The van der Waals surface area contributed by atoms with Crippen molar-refractivity contribution in [3.8, 4) is 0 Å². The van der Waals surface area contributed by atoms with E-state index in [9.17, 15) is 0 Å². The second-order valence-corrected chi connectivity index (χ2v) is 1.53. The maximum Gasteiger partial charge on any atom is -0.0401 e. The molecule has 66 valence electrons. The Kier molecular flexibility index (Phi) is 34.6. The summed E-state index contributed by atoms with van der Waals surface area (Å²) in [6, 6.07) is 0. The summed E-state index contributed by atoms with van der Waals surface area (Å²) in [5.41, 5.74) is 1.32. The third kappa shape index (κ3) is 27.0. The van der Waals surface area contributed by atoms with E-state index in [4.69, 9.17) is 0 Å². The van der Waals surface area contributed by atoms with Crippen LogP contribution in [-0.4, -0.2) is 0 Å². The van der Waals surface area contributed by atoms with Gasteiger partial charge in [-0.05, 0) is 20.8 Å². The fourth-order valence-electron chi connectivity index (χ4n) is 0.359. The highest BCUT2D eigenvalue weighted by Crippen LogP contribution is 1.91. The summed E-state index contributed by atoms with van der Waals surface area (Å²) in [7, 11) is 0. The Balaban J connectivity index is -0.000000138. The van der Waals surface area contributed by atoms with Crippen LogP contribution in [0.25, 0.3) is 0 Å². The maximum atomic E-state index is 3.00. The largest absolute Gasteiger partial charge is 0.106 e. The molecule has 0 aliphatic rings. The molecule has 0 aliphatic heterocycles. The lowest BCUT2D eigenvalue weighted by Crippen LogP contribution is -1.60. The summed E-state index contributed by atoms with van der Waals surface area (Å²) in [6.07, 6.45) is 6.20. The first kappa shape index (κ1) is 16.7. The normalized spacial score (nSPS) is 9.36. The summed E-state index contributed by atoms with van der Waals surface area (Å²) in [6.45, 7) is 16.1. The molecule has 0 aromatic carbocycles. The van der Waals surface area contributed by atoms with Crippen LogP contribution in [0.4, 0.5) is 0 Å². The first-order valence-electron chi connectivity index (χ1n) is 4.07. The van der Waals surface area contributed by atoms with Crippen LogP contribution in [0.15, 0.2) is 37.0 Å². The highest BCUT2D eigenvalue weighted by atomic mass is 13.8. The predicted octanol–water partition coefficient (Wildman–Crippen LogP) is 4.36. The second-order valence-electron chi connectivity index (χ2n) is 1.53. The van der Waals surface area contributed by atoms with Crippen LogP contribution in [0.3, 0.4) is 0 Å². The number of allylic oxidation sites excluding steroid dienone is 4. The molecule has 0 bridgehead atoms. The Labute approximate surface area is 72.3 Å². The van der Waals surface area contributed by atoms with E-state index >= 15 is 0 Å². The SMILES string of the molecule is C/C=C\C(C)=C/C.C=C.CC. The van der Waals surface area contributed by atoms with Gasteiger partial charge in [0.2, 0.25) is 0 Å². The van der Waals surface area contributed by atoms with Gasteiger partial charge in [-0.2, -0.15) is 0 Å². The summed E-state index contributed by atoms with van der Waals surface area (Å²) < 4.78 is 0. The van der Waals surface area contributed by atoms with Gasteiger partial charge in [0.25, 0.3) is 0 Å². The van der Waals surface area contributed by atoms with Gasteiger partial charge in [-0.25, -0.2) is 0 Å². The minimum Gasteiger partial charge on any atom is -0.106 e. The monoisotopic (exact) mass is 154 g/mol. The maximum absolute atomic E-state index is 3.00. The van der Waals surface area contributed by atoms with Gasteiger partial charge >= 0.3 is 0 Å². The molecule has 0 heterocycles. The Morgan fingerprint density at radius 2 is 1.45 bits per heavy atom. The quantitative estimate of drug-likeness (QED) is 0.389. The Morgan fingerprint density at radius 1 is 1.09 bits per heavy atom. The van der Waals surface area contributed by atoms with Crippen molar-refractivity contribution >= 4 is 0 Å². The first-order valence-corrected chi connectivity index (χ1v) is 4.07. The van der Waals surface area contributed by atoms with Crippen LogP contribution in [0.5, 0.6) is 0 Å². The van der Waals surface area contributed by atoms with Crippen molar-refractivity contribution in [2.75, 3.05) is 0 Å². The van der Waals surface area contributed by atoms with E-state index in [2.05, 4.69) is 32.2 Å². The second kappa shape index (κ2) is 22.9. The molecule has 0 unspecified atom stereocenters. The van der Waals surface area contributed by atoms with Gasteiger partial charge in [0, 0.05) is 0 Å². The number of hydrogen-bond donors (Lipinski definition) is 0. The topological polar surface area (TPSA) is 0 Å². The van der Waals surface area contributed by atoms with Crippen molar-refractivity contribution in [2.45, 2.75) is 34.6 Å². The van der Waals surface area contributed by atoms with E-state index in [1.165, 1.54) is 5.57 Å². The van der Waals surface area contributed by atoms with Crippen molar-refractivity contribution in [3.63, 3.8) is 0 Å². The lowest BCUT2D eigenvalue weighted by molar-refractivity contribution is 1.46. The molecular weight excluding hydrogens is 132 g/mol. The highest BCUT2D eigenvalue weighted by molar-refractivity contribution is 5.13. The molecular formula is C11H22. The van der Waals surface area contributed by atoms with Crippen LogP contribution in [0, 0.1) is 0 Å². The Morgan fingerprint density at radius 3 is 1.55 bits per heavy atom. The average Bonchev–Trinajstić information content (AvgIpc) is 2.12. The number of hydrogen-bond acceptors (Lipinski definition) is 0. The molecule has 11 heavy (non-hydrogen) atoms. The molecule has 0 rings (SSSR count). The zero-order valence-corrected chi connectivity index (χ0v) is 8.65. The standard InChI is InChI=1S/C7H12.C2H6.C2H4/c1-4-6-7(3)5-2;2*1-2/h4-6H,1-3H3;1-2H3;1-2H2/b6-4-,7-5-;;. The summed E-state index contributed by atoms with van der Waals surface area (Å²) >= 11 is 0. The van der Waals surface area contributed by atoms with E-state index < -0.39 is 0 Å². The van der Waals surface area contributed by atoms with Crippen molar-refractivity contribution in [1.29, 1.82) is 0 Å². The summed E-state index contributed by atoms with van der Waals surface area (Å²) in [4.78, 5) is 0. The Bertz CT molecular complexity index is 96.6. The highest BCUT2D eigenvalue weighted by Gasteiger charge is 1.69. The molecule has 0 heteroatoms. The van der Waals surface area contributed by atoms with Crippen molar-refractivity contribution in [2.24, 2.45) is 0 Å². The van der Waals surface area contributed by atoms with Gasteiger partial charge in [-0.1, -0.05) is 37.6 Å². The molecule has 0 radical (unpaired) electrons. The molecule has 0 atom stereocenters. The smallest absolute Gasteiger partial charge is 0.0401 e. The molecule has 0 fully saturated rings.